The summed E-state index contributed by atoms with van der Waals surface area (Å²) in [5.74, 6) is 1.29. The lowest BCUT2D eigenvalue weighted by Crippen LogP contribution is -2.39. The molecular formula is C20H24Cl2N4O3. The first-order chi connectivity index (χ1) is 14.0. The predicted molar refractivity (Wildman–Crippen MR) is 117 cm³/mol. The summed E-state index contributed by atoms with van der Waals surface area (Å²) in [4.78, 5) is 6.86. The molecule has 0 bridgehead atoms. The summed E-state index contributed by atoms with van der Waals surface area (Å²) in [6.45, 7) is 8.57. The molecule has 2 N–H and O–H groups in total. The van der Waals surface area contributed by atoms with Gasteiger partial charge in [0.2, 0.25) is 0 Å². The second-order valence-corrected chi connectivity index (χ2v) is 7.31. The van der Waals surface area contributed by atoms with E-state index < -0.39 is 0 Å². The van der Waals surface area contributed by atoms with Crippen molar-refractivity contribution in [3.8, 4) is 11.5 Å². The number of morpholine rings is 1. The van der Waals surface area contributed by atoms with Gasteiger partial charge in [-0.2, -0.15) is 0 Å². The van der Waals surface area contributed by atoms with Crippen molar-refractivity contribution in [2.24, 2.45) is 4.99 Å². The fourth-order valence-electron chi connectivity index (χ4n) is 3.13. The molecule has 0 saturated carbocycles. The van der Waals surface area contributed by atoms with E-state index in [2.05, 4.69) is 21.8 Å². The van der Waals surface area contributed by atoms with Crippen LogP contribution in [-0.2, 0) is 4.74 Å². The van der Waals surface area contributed by atoms with Crippen molar-refractivity contribution in [1.29, 1.82) is 5.41 Å². The van der Waals surface area contributed by atoms with Gasteiger partial charge in [-0.25, -0.2) is 0 Å². The van der Waals surface area contributed by atoms with Gasteiger partial charge in [-0.05, 0) is 11.6 Å². The molecule has 3 rings (SSSR count). The molecule has 2 aliphatic rings. The number of ether oxygens (including phenoxy) is 3. The lowest BCUT2D eigenvalue weighted by Gasteiger charge is -2.26. The predicted octanol–water partition coefficient (Wildman–Crippen LogP) is 3.26. The number of allylic oxidation sites excluding steroid dienone is 1. The Labute approximate surface area is 180 Å². The first-order valence-electron chi connectivity index (χ1n) is 9.18. The topological polar surface area (TPSA) is 79.2 Å². The van der Waals surface area contributed by atoms with Gasteiger partial charge >= 0.3 is 0 Å². The highest BCUT2D eigenvalue weighted by Crippen LogP contribution is 2.43. The zero-order valence-electron chi connectivity index (χ0n) is 16.5. The smallest absolute Gasteiger partial charge is 0.151 e. The van der Waals surface area contributed by atoms with Crippen molar-refractivity contribution < 1.29 is 14.2 Å². The largest absolute Gasteiger partial charge is 0.495 e. The third kappa shape index (κ3) is 4.75. The molecule has 9 heteroatoms. The van der Waals surface area contributed by atoms with Gasteiger partial charge in [0.1, 0.15) is 17.2 Å². The number of aliphatic imine (C=N–C) groups is 1. The van der Waals surface area contributed by atoms with Crippen LogP contribution in [0.4, 0.5) is 0 Å². The van der Waals surface area contributed by atoms with Crippen LogP contribution in [0.1, 0.15) is 5.56 Å². The average Bonchev–Trinajstić information content (AvgIpc) is 2.72. The number of hydrogen-bond donors (Lipinski definition) is 2. The quantitative estimate of drug-likeness (QED) is 0.712. The molecule has 0 unspecified atom stereocenters. The summed E-state index contributed by atoms with van der Waals surface area (Å²) in [6, 6.07) is 1.63. The lowest BCUT2D eigenvalue weighted by atomic mass is 10.0. The van der Waals surface area contributed by atoms with Crippen molar-refractivity contribution in [3.63, 3.8) is 0 Å². The molecule has 0 aromatic heterocycles. The Morgan fingerprint density at radius 1 is 1.21 bits per heavy atom. The van der Waals surface area contributed by atoms with Crippen LogP contribution in [0.3, 0.4) is 0 Å². The minimum atomic E-state index is 0.234. The van der Waals surface area contributed by atoms with Crippen molar-refractivity contribution in [3.05, 3.63) is 39.9 Å². The number of amidine groups is 1. The number of nitrogens with zero attached hydrogens (tertiary/aromatic N) is 2. The molecule has 2 heterocycles. The summed E-state index contributed by atoms with van der Waals surface area (Å²) >= 11 is 13.1. The lowest BCUT2D eigenvalue weighted by molar-refractivity contribution is 0.0394. The third-order valence-corrected chi connectivity index (χ3v) is 5.51. The number of halogens is 2. The number of hydrogen-bond acceptors (Lipinski definition) is 6. The average molecular weight is 439 g/mol. The fraction of sp³-hybridized carbons (Fsp3) is 0.400. The highest BCUT2D eigenvalue weighted by Gasteiger charge is 2.25. The van der Waals surface area contributed by atoms with Crippen LogP contribution >= 0.6 is 23.2 Å². The summed E-state index contributed by atoms with van der Waals surface area (Å²) < 4.78 is 16.1. The van der Waals surface area contributed by atoms with E-state index in [4.69, 9.17) is 42.8 Å². The molecule has 1 fully saturated rings. The van der Waals surface area contributed by atoms with Gasteiger partial charge in [0.25, 0.3) is 0 Å². The Kier molecular flexibility index (Phi) is 7.18. The van der Waals surface area contributed by atoms with E-state index >= 15 is 0 Å². The zero-order chi connectivity index (χ0) is 21.0. The highest BCUT2D eigenvalue weighted by molar-refractivity contribution is 6.50. The van der Waals surface area contributed by atoms with Crippen molar-refractivity contribution in [1.82, 2.24) is 10.2 Å². The SMILES string of the molecule is C=C1C=C(c2c(Cl)c(OC)cc(OC)c2Cl)NC(=NCCN2CCOCC2)C1=N. The molecule has 0 spiro atoms. The molecular weight excluding hydrogens is 415 g/mol. The molecule has 0 aliphatic carbocycles. The van der Waals surface area contributed by atoms with Crippen LogP contribution in [-0.4, -0.2) is 70.1 Å². The van der Waals surface area contributed by atoms with Crippen LogP contribution in [0, 0.1) is 5.41 Å². The van der Waals surface area contributed by atoms with Crippen molar-refractivity contribution in [2.45, 2.75) is 0 Å². The van der Waals surface area contributed by atoms with Gasteiger partial charge in [0, 0.05) is 31.3 Å². The van der Waals surface area contributed by atoms with E-state index in [1.807, 2.05) is 0 Å². The molecule has 0 radical (unpaired) electrons. The Morgan fingerprint density at radius 3 is 2.41 bits per heavy atom. The first-order valence-corrected chi connectivity index (χ1v) is 9.93. The molecule has 156 valence electrons. The summed E-state index contributed by atoms with van der Waals surface area (Å²) in [7, 11) is 3.04. The van der Waals surface area contributed by atoms with Gasteiger partial charge in [-0.1, -0.05) is 29.8 Å². The van der Waals surface area contributed by atoms with E-state index in [0.29, 0.717) is 50.8 Å². The Balaban J connectivity index is 1.87. The van der Waals surface area contributed by atoms with Crippen LogP contribution in [0.5, 0.6) is 11.5 Å². The molecule has 1 aromatic rings. The monoisotopic (exact) mass is 438 g/mol. The second kappa shape index (κ2) is 9.63. The number of methoxy groups -OCH3 is 2. The molecule has 29 heavy (non-hydrogen) atoms. The van der Waals surface area contributed by atoms with Crippen LogP contribution in [0.2, 0.25) is 10.0 Å². The molecule has 1 aromatic carbocycles. The molecule has 1 saturated heterocycles. The Bertz CT molecular complexity index is 849. The maximum atomic E-state index is 8.31. The summed E-state index contributed by atoms with van der Waals surface area (Å²) in [5, 5.41) is 12.2. The standard InChI is InChI=1S/C20H24Cl2N4O3/c1-12-10-13(16-17(21)14(27-2)11-15(28-3)18(16)22)25-20(19(12)23)24-4-5-26-6-8-29-9-7-26/h10-11,23H,1,4-9H2,2-3H3,(H,24,25). The molecule has 0 amide bonds. The normalized spacial score (nSPS) is 19.2. The van der Waals surface area contributed by atoms with Gasteiger partial charge in [0.05, 0.1) is 49.7 Å². The minimum absolute atomic E-state index is 0.234. The Hall–Kier alpha value is -2.06. The van der Waals surface area contributed by atoms with E-state index in [1.165, 1.54) is 14.2 Å². The minimum Gasteiger partial charge on any atom is -0.495 e. The van der Waals surface area contributed by atoms with Crippen LogP contribution in [0.15, 0.2) is 29.3 Å². The van der Waals surface area contributed by atoms with Crippen LogP contribution in [0.25, 0.3) is 5.70 Å². The Morgan fingerprint density at radius 2 is 1.83 bits per heavy atom. The number of nitrogens with one attached hydrogen (secondary N) is 2. The first kappa shape index (κ1) is 21.6. The van der Waals surface area contributed by atoms with Gasteiger partial charge < -0.3 is 19.5 Å². The van der Waals surface area contributed by atoms with E-state index in [1.54, 1.807) is 12.1 Å². The van der Waals surface area contributed by atoms with E-state index in [0.717, 1.165) is 32.8 Å². The molecule has 7 nitrogen and oxygen atoms in total. The van der Waals surface area contributed by atoms with Gasteiger partial charge in [-0.3, -0.25) is 15.3 Å². The van der Waals surface area contributed by atoms with E-state index in [9.17, 15) is 0 Å². The van der Waals surface area contributed by atoms with Gasteiger partial charge in [0.15, 0.2) is 5.84 Å². The van der Waals surface area contributed by atoms with E-state index in [-0.39, 0.29) is 5.71 Å². The maximum Gasteiger partial charge on any atom is 0.151 e. The van der Waals surface area contributed by atoms with Crippen LogP contribution < -0.4 is 14.8 Å². The fourth-order valence-corrected chi connectivity index (χ4v) is 3.83. The van der Waals surface area contributed by atoms with Crippen molar-refractivity contribution >= 4 is 40.4 Å². The van der Waals surface area contributed by atoms with Gasteiger partial charge in [-0.15, -0.1) is 0 Å². The highest BCUT2D eigenvalue weighted by atomic mass is 35.5. The zero-order valence-corrected chi connectivity index (χ0v) is 18.0. The molecule has 0 atom stereocenters. The van der Waals surface area contributed by atoms with Crippen molar-refractivity contribution in [2.75, 3.05) is 53.6 Å². The third-order valence-electron chi connectivity index (χ3n) is 4.76. The summed E-state index contributed by atoms with van der Waals surface area (Å²) in [5.41, 5.74) is 1.85. The number of benzene rings is 1. The molecule has 2 aliphatic heterocycles. The summed E-state index contributed by atoms with van der Waals surface area (Å²) in [6.07, 6.45) is 1.72. The second-order valence-electron chi connectivity index (χ2n) is 6.55. The number of rotatable bonds is 6. The maximum absolute atomic E-state index is 8.31.